The number of nitrogens with two attached hydrogens (primary N) is 1. The van der Waals surface area contributed by atoms with Gasteiger partial charge in [0, 0.05) is 12.2 Å². The van der Waals surface area contributed by atoms with Gasteiger partial charge in [-0.3, -0.25) is 4.79 Å². The molecule has 0 spiro atoms. The summed E-state index contributed by atoms with van der Waals surface area (Å²) in [7, 11) is 1.63. The Balaban J connectivity index is 1.78. The molecule has 2 aromatic rings. The van der Waals surface area contributed by atoms with Crippen molar-refractivity contribution in [3.8, 4) is 5.75 Å². The second kappa shape index (κ2) is 7.91. The minimum Gasteiger partial charge on any atom is -0.497 e. The van der Waals surface area contributed by atoms with Crippen LogP contribution in [0.2, 0.25) is 0 Å². The fourth-order valence-corrected chi connectivity index (χ4v) is 3.38. The number of carbonyl (C=O) groups is 2. The minimum absolute atomic E-state index is 0.00778. The van der Waals surface area contributed by atoms with Gasteiger partial charge >= 0.3 is 6.03 Å². The Bertz CT molecular complexity index is 806. The van der Waals surface area contributed by atoms with Crippen LogP contribution in [0.15, 0.2) is 48.5 Å². The summed E-state index contributed by atoms with van der Waals surface area (Å²) >= 11 is 0. The lowest BCUT2D eigenvalue weighted by Gasteiger charge is -2.26. The van der Waals surface area contributed by atoms with Gasteiger partial charge in [0.2, 0.25) is 5.91 Å². The van der Waals surface area contributed by atoms with Gasteiger partial charge in [0.15, 0.2) is 0 Å². The highest BCUT2D eigenvalue weighted by atomic mass is 16.5. The molecule has 1 aliphatic heterocycles. The molecule has 0 saturated carbocycles. The zero-order valence-corrected chi connectivity index (χ0v) is 14.8. The van der Waals surface area contributed by atoms with Crippen molar-refractivity contribution in [2.75, 3.05) is 19.0 Å². The van der Waals surface area contributed by atoms with E-state index in [1.807, 2.05) is 41.3 Å². The molecule has 3 rings (SSSR count). The van der Waals surface area contributed by atoms with Crippen LogP contribution in [-0.2, 0) is 11.2 Å². The smallest absolute Gasteiger partial charge is 0.322 e. The number of urea groups is 1. The van der Waals surface area contributed by atoms with E-state index in [9.17, 15) is 9.59 Å². The molecule has 6 heteroatoms. The molecule has 26 heavy (non-hydrogen) atoms. The third kappa shape index (κ3) is 3.96. The molecular weight excluding hydrogens is 330 g/mol. The number of anilines is 1. The lowest BCUT2D eigenvalue weighted by atomic mass is 10.0. The third-order valence-corrected chi connectivity index (χ3v) is 4.62. The number of methoxy groups -OCH3 is 1. The normalized spacial score (nSPS) is 16.3. The van der Waals surface area contributed by atoms with Crippen LogP contribution >= 0.6 is 0 Å². The second-order valence-corrected chi connectivity index (χ2v) is 6.36. The monoisotopic (exact) mass is 353 g/mol. The van der Waals surface area contributed by atoms with Gasteiger partial charge in [0.25, 0.3) is 0 Å². The van der Waals surface area contributed by atoms with Gasteiger partial charge in [0.05, 0.1) is 19.6 Å². The van der Waals surface area contributed by atoms with Crippen LogP contribution in [0.25, 0.3) is 0 Å². The summed E-state index contributed by atoms with van der Waals surface area (Å²) in [6.45, 7) is 0.686. The van der Waals surface area contributed by atoms with E-state index in [2.05, 4.69) is 5.32 Å². The van der Waals surface area contributed by atoms with Crippen LogP contribution < -0.4 is 15.8 Å². The van der Waals surface area contributed by atoms with Crippen LogP contribution in [0.5, 0.6) is 5.75 Å². The number of rotatable bonds is 5. The average Bonchev–Trinajstić information content (AvgIpc) is 3.13. The maximum absolute atomic E-state index is 12.9. The molecule has 0 radical (unpaired) electrons. The highest BCUT2D eigenvalue weighted by molar-refractivity contribution is 5.91. The van der Waals surface area contributed by atoms with Gasteiger partial charge in [0.1, 0.15) is 5.75 Å². The first kappa shape index (κ1) is 17.8. The van der Waals surface area contributed by atoms with Gasteiger partial charge in [-0.15, -0.1) is 0 Å². The van der Waals surface area contributed by atoms with Crippen LogP contribution in [-0.4, -0.2) is 30.5 Å². The first-order chi connectivity index (χ1) is 12.6. The molecule has 2 aromatic carbocycles. The van der Waals surface area contributed by atoms with E-state index in [0.717, 1.165) is 24.2 Å². The van der Waals surface area contributed by atoms with Crippen molar-refractivity contribution >= 4 is 17.6 Å². The van der Waals surface area contributed by atoms with Crippen LogP contribution in [0.4, 0.5) is 10.5 Å². The Labute approximate surface area is 152 Å². The van der Waals surface area contributed by atoms with Crippen molar-refractivity contribution in [3.63, 3.8) is 0 Å². The standard InChI is InChI=1S/C20H23N3O3/c1-26-16-8-4-7-15(12-16)18-10-5-11-23(18)20(25)22-17-9-3-2-6-14(17)13-19(21)24/h2-4,6-9,12,18H,5,10-11,13H2,1H3,(H2,21,24)(H,22,25). The number of benzene rings is 2. The fraction of sp³-hybridized carbons (Fsp3) is 0.300. The zero-order valence-electron chi connectivity index (χ0n) is 14.8. The van der Waals surface area contributed by atoms with Crippen LogP contribution in [0, 0.1) is 0 Å². The average molecular weight is 353 g/mol. The molecule has 1 unspecified atom stereocenters. The Morgan fingerprint density at radius 3 is 2.81 bits per heavy atom. The van der Waals surface area contributed by atoms with Gasteiger partial charge in [-0.1, -0.05) is 30.3 Å². The molecular formula is C20H23N3O3. The molecule has 1 fully saturated rings. The summed E-state index contributed by atoms with van der Waals surface area (Å²) in [5.41, 5.74) is 7.69. The lowest BCUT2D eigenvalue weighted by Crippen LogP contribution is -2.34. The maximum Gasteiger partial charge on any atom is 0.322 e. The number of primary amides is 1. The first-order valence-corrected chi connectivity index (χ1v) is 8.66. The quantitative estimate of drug-likeness (QED) is 0.866. The number of nitrogens with zero attached hydrogens (tertiary/aromatic N) is 1. The molecule has 3 N–H and O–H groups in total. The molecule has 1 heterocycles. The summed E-state index contributed by atoms with van der Waals surface area (Å²) in [5.74, 6) is 0.351. The molecule has 0 bridgehead atoms. The summed E-state index contributed by atoms with van der Waals surface area (Å²) < 4.78 is 5.30. The van der Waals surface area contributed by atoms with Crippen molar-refractivity contribution in [1.29, 1.82) is 0 Å². The van der Waals surface area contributed by atoms with E-state index in [1.165, 1.54) is 0 Å². The Kier molecular flexibility index (Phi) is 5.41. The number of likely N-dealkylation sites (tertiary alicyclic amines) is 1. The Morgan fingerprint density at radius 2 is 2.04 bits per heavy atom. The van der Waals surface area contributed by atoms with E-state index in [1.54, 1.807) is 19.2 Å². The fourth-order valence-electron chi connectivity index (χ4n) is 3.38. The lowest BCUT2D eigenvalue weighted by molar-refractivity contribution is -0.117. The van der Waals surface area contributed by atoms with Crippen LogP contribution in [0.1, 0.15) is 30.0 Å². The van der Waals surface area contributed by atoms with Crippen molar-refractivity contribution in [3.05, 3.63) is 59.7 Å². The topological polar surface area (TPSA) is 84.7 Å². The molecule has 3 amide bonds. The number of amides is 3. The minimum atomic E-state index is -0.429. The van der Waals surface area contributed by atoms with Crippen molar-refractivity contribution < 1.29 is 14.3 Å². The van der Waals surface area contributed by atoms with Crippen molar-refractivity contribution in [2.24, 2.45) is 5.73 Å². The third-order valence-electron chi connectivity index (χ3n) is 4.62. The number of carbonyl (C=O) groups excluding carboxylic acids is 2. The predicted octanol–water partition coefficient (Wildman–Crippen LogP) is 3.09. The predicted molar refractivity (Wildman–Crippen MR) is 100 cm³/mol. The molecule has 0 aliphatic carbocycles. The largest absolute Gasteiger partial charge is 0.497 e. The van der Waals surface area contributed by atoms with E-state index < -0.39 is 5.91 Å². The molecule has 1 aliphatic rings. The van der Waals surface area contributed by atoms with Gasteiger partial charge < -0.3 is 20.7 Å². The number of ether oxygens (including phenoxy) is 1. The Hall–Kier alpha value is -3.02. The molecule has 1 saturated heterocycles. The summed E-state index contributed by atoms with van der Waals surface area (Å²) in [4.78, 5) is 25.9. The SMILES string of the molecule is COc1cccc(C2CCCN2C(=O)Nc2ccccc2CC(N)=O)c1. The highest BCUT2D eigenvalue weighted by Gasteiger charge is 2.30. The number of nitrogens with one attached hydrogen (secondary N) is 1. The van der Waals surface area contributed by atoms with Crippen molar-refractivity contribution in [2.45, 2.75) is 25.3 Å². The first-order valence-electron chi connectivity index (χ1n) is 8.66. The van der Waals surface area contributed by atoms with Crippen molar-refractivity contribution in [1.82, 2.24) is 4.90 Å². The van der Waals surface area contributed by atoms with Crippen LogP contribution in [0.3, 0.4) is 0 Å². The Morgan fingerprint density at radius 1 is 1.23 bits per heavy atom. The number of hydrogen-bond acceptors (Lipinski definition) is 3. The number of hydrogen-bond donors (Lipinski definition) is 2. The van der Waals surface area contributed by atoms with E-state index in [4.69, 9.17) is 10.5 Å². The maximum atomic E-state index is 12.9. The van der Waals surface area contributed by atoms with E-state index in [0.29, 0.717) is 17.8 Å². The summed E-state index contributed by atoms with van der Waals surface area (Å²) in [6, 6.07) is 14.9. The van der Waals surface area contributed by atoms with Gasteiger partial charge in [-0.05, 0) is 42.2 Å². The van der Waals surface area contributed by atoms with E-state index in [-0.39, 0.29) is 18.5 Å². The molecule has 136 valence electrons. The number of para-hydroxylation sites is 1. The van der Waals surface area contributed by atoms with Gasteiger partial charge in [-0.2, -0.15) is 0 Å². The highest BCUT2D eigenvalue weighted by Crippen LogP contribution is 2.34. The summed E-state index contributed by atoms with van der Waals surface area (Å²) in [6.07, 6.45) is 1.94. The summed E-state index contributed by atoms with van der Waals surface area (Å²) in [5, 5.41) is 2.93. The van der Waals surface area contributed by atoms with Gasteiger partial charge in [-0.25, -0.2) is 4.79 Å². The zero-order chi connectivity index (χ0) is 18.5. The molecule has 0 aromatic heterocycles. The molecule has 6 nitrogen and oxygen atoms in total. The second-order valence-electron chi connectivity index (χ2n) is 6.36. The molecule has 1 atom stereocenters. The van der Waals surface area contributed by atoms with E-state index >= 15 is 0 Å².